The lowest BCUT2D eigenvalue weighted by Crippen LogP contribution is -2.36. The van der Waals surface area contributed by atoms with E-state index in [2.05, 4.69) is 5.32 Å². The molecule has 0 atom stereocenters. The van der Waals surface area contributed by atoms with E-state index in [1.807, 2.05) is 31.2 Å². The fourth-order valence-corrected chi connectivity index (χ4v) is 2.50. The molecule has 4 nitrogen and oxygen atoms in total. The number of nitrogens with one attached hydrogen (secondary N) is 1. The highest BCUT2D eigenvalue weighted by Crippen LogP contribution is 2.29. The zero-order valence-electron chi connectivity index (χ0n) is 13.5. The van der Waals surface area contributed by atoms with Crippen LogP contribution in [-0.2, 0) is 16.1 Å². The van der Waals surface area contributed by atoms with Crippen molar-refractivity contribution in [3.8, 4) is 0 Å². The first kappa shape index (κ1) is 18.3. The number of carbonyl (C=O) groups is 2. The van der Waals surface area contributed by atoms with E-state index in [-0.39, 0.29) is 23.4 Å². The summed E-state index contributed by atoms with van der Waals surface area (Å²) in [6.45, 7) is 3.74. The van der Waals surface area contributed by atoms with Gasteiger partial charge in [0, 0.05) is 13.5 Å². The lowest BCUT2D eigenvalue weighted by molar-refractivity contribution is -0.133. The topological polar surface area (TPSA) is 49.4 Å². The Morgan fingerprint density at radius 2 is 1.75 bits per heavy atom. The predicted octanol–water partition coefficient (Wildman–Crippen LogP) is 4.29. The molecule has 0 saturated heterocycles. The van der Waals surface area contributed by atoms with Gasteiger partial charge in [0.05, 0.1) is 15.7 Å². The summed E-state index contributed by atoms with van der Waals surface area (Å²) in [5, 5.41) is 3.32. The summed E-state index contributed by atoms with van der Waals surface area (Å²) >= 11 is 12.0. The van der Waals surface area contributed by atoms with E-state index in [1.54, 1.807) is 18.2 Å². The molecule has 24 heavy (non-hydrogen) atoms. The molecule has 0 fully saturated rings. The molecule has 1 N–H and O–H groups in total. The van der Waals surface area contributed by atoms with Crippen molar-refractivity contribution >= 4 is 40.7 Å². The Morgan fingerprint density at radius 1 is 1.08 bits per heavy atom. The molecule has 0 heterocycles. The quantitative estimate of drug-likeness (QED) is 0.859. The second kappa shape index (κ2) is 8.18. The average Bonchev–Trinajstić information content (AvgIpc) is 2.53. The second-order valence-corrected chi connectivity index (χ2v) is 6.30. The maximum atomic E-state index is 12.2. The van der Waals surface area contributed by atoms with E-state index in [0.717, 1.165) is 11.1 Å². The van der Waals surface area contributed by atoms with Gasteiger partial charge in [-0.05, 0) is 24.6 Å². The average molecular weight is 365 g/mol. The van der Waals surface area contributed by atoms with Crippen LogP contribution in [0.25, 0.3) is 0 Å². The number of halogens is 2. The van der Waals surface area contributed by atoms with Gasteiger partial charge in [-0.2, -0.15) is 0 Å². The molecular formula is C18H18Cl2N2O2. The minimum atomic E-state index is -0.332. The van der Waals surface area contributed by atoms with Gasteiger partial charge in [0.25, 0.3) is 0 Å². The molecular weight excluding hydrogens is 347 g/mol. The number of amides is 2. The summed E-state index contributed by atoms with van der Waals surface area (Å²) in [6, 6.07) is 12.8. The third-order valence-electron chi connectivity index (χ3n) is 3.50. The van der Waals surface area contributed by atoms with E-state index >= 15 is 0 Å². The Labute approximate surface area is 151 Å². The van der Waals surface area contributed by atoms with Crippen LogP contribution in [0.1, 0.15) is 18.1 Å². The molecule has 0 radical (unpaired) electrons. The van der Waals surface area contributed by atoms with Crippen molar-refractivity contribution in [1.82, 2.24) is 4.90 Å². The Kier molecular flexibility index (Phi) is 6.23. The Balaban J connectivity index is 2.04. The molecule has 0 spiro atoms. The fourth-order valence-electron chi connectivity index (χ4n) is 2.16. The summed E-state index contributed by atoms with van der Waals surface area (Å²) in [5.41, 5.74) is 2.53. The Morgan fingerprint density at radius 3 is 2.38 bits per heavy atom. The minimum Gasteiger partial charge on any atom is -0.329 e. The highest BCUT2D eigenvalue weighted by Gasteiger charge is 2.15. The van der Waals surface area contributed by atoms with Crippen LogP contribution in [0, 0.1) is 6.92 Å². The van der Waals surface area contributed by atoms with Gasteiger partial charge in [-0.15, -0.1) is 0 Å². The van der Waals surface area contributed by atoms with Crippen molar-refractivity contribution in [2.75, 3.05) is 11.9 Å². The number of aryl methyl sites for hydroxylation is 1. The molecule has 0 aromatic heterocycles. The zero-order valence-corrected chi connectivity index (χ0v) is 15.0. The zero-order chi connectivity index (χ0) is 17.7. The van der Waals surface area contributed by atoms with Crippen molar-refractivity contribution < 1.29 is 9.59 Å². The standard InChI is InChI=1S/C18H18Cl2N2O2/c1-12-6-8-14(9-7-12)10-22(13(2)23)11-17(24)21-16-5-3-4-15(19)18(16)20/h3-9H,10-11H2,1-2H3,(H,21,24). The van der Waals surface area contributed by atoms with Gasteiger partial charge in [0.1, 0.15) is 6.54 Å². The van der Waals surface area contributed by atoms with Crippen LogP contribution < -0.4 is 5.32 Å². The molecule has 2 amide bonds. The summed E-state index contributed by atoms with van der Waals surface area (Å²) < 4.78 is 0. The molecule has 0 bridgehead atoms. The van der Waals surface area contributed by atoms with Gasteiger partial charge in [-0.1, -0.05) is 59.1 Å². The van der Waals surface area contributed by atoms with Gasteiger partial charge in [0.2, 0.25) is 11.8 Å². The van der Waals surface area contributed by atoms with Crippen molar-refractivity contribution in [1.29, 1.82) is 0 Å². The molecule has 2 aromatic carbocycles. The first-order chi connectivity index (χ1) is 11.4. The number of carbonyl (C=O) groups excluding carboxylic acids is 2. The van der Waals surface area contributed by atoms with E-state index in [1.165, 1.54) is 11.8 Å². The van der Waals surface area contributed by atoms with Gasteiger partial charge < -0.3 is 10.2 Å². The van der Waals surface area contributed by atoms with Crippen LogP contribution in [0.4, 0.5) is 5.69 Å². The number of benzene rings is 2. The molecule has 2 aromatic rings. The largest absolute Gasteiger partial charge is 0.329 e. The third-order valence-corrected chi connectivity index (χ3v) is 4.32. The molecule has 126 valence electrons. The number of nitrogens with zero attached hydrogens (tertiary/aromatic N) is 1. The van der Waals surface area contributed by atoms with Crippen molar-refractivity contribution in [2.24, 2.45) is 0 Å². The summed E-state index contributed by atoms with van der Waals surface area (Å²) in [5.74, 6) is -0.510. The van der Waals surface area contributed by atoms with Crippen molar-refractivity contribution in [3.05, 3.63) is 63.6 Å². The Hall–Kier alpha value is -2.04. The monoisotopic (exact) mass is 364 g/mol. The van der Waals surface area contributed by atoms with E-state index in [0.29, 0.717) is 17.3 Å². The van der Waals surface area contributed by atoms with Crippen LogP contribution in [0.5, 0.6) is 0 Å². The molecule has 2 rings (SSSR count). The first-order valence-corrected chi connectivity index (χ1v) is 8.17. The number of rotatable bonds is 5. The smallest absolute Gasteiger partial charge is 0.244 e. The maximum absolute atomic E-state index is 12.2. The first-order valence-electron chi connectivity index (χ1n) is 7.41. The molecule has 0 unspecified atom stereocenters. The van der Waals surface area contributed by atoms with Gasteiger partial charge in [-0.3, -0.25) is 9.59 Å². The molecule has 0 aliphatic carbocycles. The minimum absolute atomic E-state index is 0.0634. The number of hydrogen-bond donors (Lipinski definition) is 1. The predicted molar refractivity (Wildman–Crippen MR) is 97.4 cm³/mol. The SMILES string of the molecule is CC(=O)N(CC(=O)Nc1cccc(Cl)c1Cl)Cc1ccc(C)cc1. The second-order valence-electron chi connectivity index (χ2n) is 5.51. The van der Waals surface area contributed by atoms with E-state index in [9.17, 15) is 9.59 Å². The van der Waals surface area contributed by atoms with Crippen molar-refractivity contribution in [2.45, 2.75) is 20.4 Å². The van der Waals surface area contributed by atoms with E-state index in [4.69, 9.17) is 23.2 Å². The van der Waals surface area contributed by atoms with Crippen LogP contribution >= 0.6 is 23.2 Å². The summed E-state index contributed by atoms with van der Waals surface area (Å²) in [6.07, 6.45) is 0. The fraction of sp³-hybridized carbons (Fsp3) is 0.222. The van der Waals surface area contributed by atoms with Crippen LogP contribution in [-0.4, -0.2) is 23.3 Å². The Bertz CT molecular complexity index is 745. The number of hydrogen-bond acceptors (Lipinski definition) is 2. The lowest BCUT2D eigenvalue weighted by atomic mass is 10.1. The van der Waals surface area contributed by atoms with E-state index < -0.39 is 0 Å². The maximum Gasteiger partial charge on any atom is 0.244 e. The molecule has 0 aliphatic rings. The normalized spacial score (nSPS) is 10.3. The van der Waals surface area contributed by atoms with Crippen LogP contribution in [0.3, 0.4) is 0 Å². The lowest BCUT2D eigenvalue weighted by Gasteiger charge is -2.21. The van der Waals surface area contributed by atoms with Gasteiger partial charge in [-0.25, -0.2) is 0 Å². The van der Waals surface area contributed by atoms with Crippen LogP contribution in [0.15, 0.2) is 42.5 Å². The highest BCUT2D eigenvalue weighted by atomic mass is 35.5. The molecule has 0 saturated carbocycles. The highest BCUT2D eigenvalue weighted by molar-refractivity contribution is 6.44. The summed E-state index contributed by atoms with van der Waals surface area (Å²) in [7, 11) is 0. The third kappa shape index (κ3) is 4.98. The summed E-state index contributed by atoms with van der Waals surface area (Å²) in [4.78, 5) is 25.5. The van der Waals surface area contributed by atoms with Crippen LogP contribution in [0.2, 0.25) is 10.0 Å². The number of anilines is 1. The van der Waals surface area contributed by atoms with Crippen molar-refractivity contribution in [3.63, 3.8) is 0 Å². The van der Waals surface area contributed by atoms with Gasteiger partial charge >= 0.3 is 0 Å². The molecule has 6 heteroatoms. The van der Waals surface area contributed by atoms with Gasteiger partial charge in [0.15, 0.2) is 0 Å². The molecule has 0 aliphatic heterocycles.